The van der Waals surface area contributed by atoms with Crippen LogP contribution in [0.25, 0.3) is 0 Å². The van der Waals surface area contributed by atoms with Crippen LogP contribution >= 0.6 is 0 Å². The number of unbranched alkanes of at least 4 members (excludes halogenated alkanes) is 14. The van der Waals surface area contributed by atoms with Gasteiger partial charge in [0.2, 0.25) is 0 Å². The maximum Gasteiger partial charge on any atom is 0.114 e. The van der Waals surface area contributed by atoms with E-state index in [0.29, 0.717) is 6.61 Å². The van der Waals surface area contributed by atoms with Crippen LogP contribution in [0.15, 0.2) is 12.2 Å². The third kappa shape index (κ3) is 15.1. The van der Waals surface area contributed by atoms with E-state index in [2.05, 4.69) is 19.1 Å². The quantitative estimate of drug-likeness (QED) is 0.166. The Hall–Kier alpha value is -0.460. The van der Waals surface area contributed by atoms with Crippen molar-refractivity contribution in [2.75, 3.05) is 19.8 Å². The van der Waals surface area contributed by atoms with Crippen LogP contribution in [0.2, 0.25) is 0 Å². The molecule has 0 saturated carbocycles. The molecule has 3 N–H and O–H groups in total. The first kappa shape index (κ1) is 28.6. The Morgan fingerprint density at radius 1 is 0.806 bits per heavy atom. The van der Waals surface area contributed by atoms with E-state index in [-0.39, 0.29) is 13.2 Å². The number of aliphatic hydroxyl groups excluding tert-OH is 3. The van der Waals surface area contributed by atoms with E-state index in [1.54, 1.807) is 0 Å². The van der Waals surface area contributed by atoms with Crippen molar-refractivity contribution in [1.82, 2.24) is 0 Å². The first-order valence-electron chi connectivity index (χ1n) is 13.0. The summed E-state index contributed by atoms with van der Waals surface area (Å²) in [7, 11) is 0. The highest BCUT2D eigenvalue weighted by Gasteiger charge is 2.39. The number of hydrogen-bond acceptors (Lipinski definition) is 5. The highest BCUT2D eigenvalue weighted by molar-refractivity contribution is 4.87. The number of aliphatic hydroxyl groups is 3. The van der Waals surface area contributed by atoms with E-state index in [9.17, 15) is 15.3 Å². The molecule has 5 nitrogen and oxygen atoms in total. The van der Waals surface area contributed by atoms with Crippen molar-refractivity contribution >= 4 is 0 Å². The summed E-state index contributed by atoms with van der Waals surface area (Å²) < 4.78 is 10.7. The Balaban J connectivity index is 1.76. The largest absolute Gasteiger partial charge is 0.388 e. The van der Waals surface area contributed by atoms with Crippen LogP contribution in [0.1, 0.15) is 110 Å². The highest BCUT2D eigenvalue weighted by atomic mass is 16.5. The molecule has 1 aliphatic rings. The topological polar surface area (TPSA) is 79.2 Å². The van der Waals surface area contributed by atoms with Crippen LogP contribution < -0.4 is 0 Å². The van der Waals surface area contributed by atoms with Gasteiger partial charge in [-0.05, 0) is 32.1 Å². The van der Waals surface area contributed by atoms with Crippen LogP contribution in [0.4, 0.5) is 0 Å². The van der Waals surface area contributed by atoms with E-state index in [1.165, 1.54) is 89.9 Å². The summed E-state index contributed by atoms with van der Waals surface area (Å²) in [6, 6.07) is 0. The second kappa shape index (κ2) is 20.2. The van der Waals surface area contributed by atoms with Gasteiger partial charge in [-0.15, -0.1) is 0 Å². The van der Waals surface area contributed by atoms with Gasteiger partial charge < -0.3 is 24.8 Å². The molecule has 1 heterocycles. The number of ether oxygens (including phenoxy) is 2. The first-order valence-corrected chi connectivity index (χ1v) is 13.0. The Morgan fingerprint density at radius 3 is 1.84 bits per heavy atom. The minimum atomic E-state index is -1.03. The molecule has 1 saturated heterocycles. The van der Waals surface area contributed by atoms with Crippen molar-refractivity contribution in [1.29, 1.82) is 0 Å². The maximum atomic E-state index is 9.96. The van der Waals surface area contributed by atoms with Crippen LogP contribution in [0.5, 0.6) is 0 Å². The fourth-order valence-electron chi connectivity index (χ4n) is 4.07. The van der Waals surface area contributed by atoms with Gasteiger partial charge in [0.05, 0.1) is 13.2 Å². The summed E-state index contributed by atoms with van der Waals surface area (Å²) in [5, 5.41) is 29.1. The zero-order valence-electron chi connectivity index (χ0n) is 20.1. The highest BCUT2D eigenvalue weighted by Crippen LogP contribution is 2.18. The maximum absolute atomic E-state index is 9.96. The molecule has 184 valence electrons. The molecule has 0 bridgehead atoms. The van der Waals surface area contributed by atoms with Crippen molar-refractivity contribution in [2.45, 2.75) is 134 Å². The van der Waals surface area contributed by atoms with E-state index < -0.39 is 24.4 Å². The second-order valence-corrected chi connectivity index (χ2v) is 9.14. The van der Waals surface area contributed by atoms with Crippen LogP contribution in [-0.4, -0.2) is 59.6 Å². The summed E-state index contributed by atoms with van der Waals surface area (Å²) in [5.41, 5.74) is 0. The van der Waals surface area contributed by atoms with Crippen LogP contribution in [0.3, 0.4) is 0 Å². The van der Waals surface area contributed by atoms with Gasteiger partial charge in [-0.1, -0.05) is 89.7 Å². The fraction of sp³-hybridized carbons (Fsp3) is 0.923. The molecule has 0 radical (unpaired) electrons. The predicted molar refractivity (Wildman–Crippen MR) is 127 cm³/mol. The van der Waals surface area contributed by atoms with Crippen LogP contribution in [-0.2, 0) is 9.47 Å². The minimum absolute atomic E-state index is 0.0679. The Labute approximate surface area is 191 Å². The predicted octanol–water partition coefficient (Wildman–Crippen LogP) is 5.30. The molecule has 1 aliphatic heterocycles. The Bertz CT molecular complexity index is 415. The van der Waals surface area contributed by atoms with Gasteiger partial charge in [0.1, 0.15) is 24.4 Å². The second-order valence-electron chi connectivity index (χ2n) is 9.14. The normalized spacial score (nSPS) is 22.5. The lowest BCUT2D eigenvalue weighted by Crippen LogP contribution is -2.40. The summed E-state index contributed by atoms with van der Waals surface area (Å²) in [6.07, 6.45) is 22.0. The molecule has 0 unspecified atom stereocenters. The number of allylic oxidation sites excluding steroid dienone is 2. The molecular formula is C26H50O5. The van der Waals surface area contributed by atoms with Crippen molar-refractivity contribution in [3.63, 3.8) is 0 Å². The van der Waals surface area contributed by atoms with E-state index in [4.69, 9.17) is 9.47 Å². The molecule has 0 aromatic rings. The number of rotatable bonds is 21. The lowest BCUT2D eigenvalue weighted by Gasteiger charge is -2.20. The first-order chi connectivity index (χ1) is 15.2. The average molecular weight is 443 g/mol. The SMILES string of the molecule is CCCCCCCCC/C=C/CCCCCCCCCOC[C@H](O)[C@@H]1OC[C@@H](O)[C@@H]1O. The summed E-state index contributed by atoms with van der Waals surface area (Å²) in [5.74, 6) is 0. The number of hydrogen-bond donors (Lipinski definition) is 3. The van der Waals surface area contributed by atoms with Crippen LogP contribution in [0, 0.1) is 0 Å². The van der Waals surface area contributed by atoms with Gasteiger partial charge in [-0.25, -0.2) is 0 Å². The molecule has 31 heavy (non-hydrogen) atoms. The Morgan fingerprint density at radius 2 is 1.32 bits per heavy atom. The standard InChI is InChI=1S/C26H50O5/c1-2-3-4-5-6-7-8-9-10-11-12-13-14-15-16-17-18-19-20-30-21-24(28)26-25(29)23(27)22-31-26/h10-11,23-29H,2-9,12-22H2,1H3/b11-10+/t23-,24+,25+,26+/m1/s1. The molecule has 1 rings (SSSR count). The van der Waals surface area contributed by atoms with Gasteiger partial charge in [0.25, 0.3) is 0 Å². The van der Waals surface area contributed by atoms with E-state index >= 15 is 0 Å². The molecule has 5 heteroatoms. The third-order valence-electron chi connectivity index (χ3n) is 6.16. The van der Waals surface area contributed by atoms with Gasteiger partial charge in [-0.3, -0.25) is 0 Å². The molecule has 1 fully saturated rings. The lowest BCUT2D eigenvalue weighted by molar-refractivity contribution is -0.0813. The monoisotopic (exact) mass is 442 g/mol. The van der Waals surface area contributed by atoms with Crippen molar-refractivity contribution < 1.29 is 24.8 Å². The molecule has 0 aliphatic carbocycles. The van der Waals surface area contributed by atoms with Crippen molar-refractivity contribution in [2.24, 2.45) is 0 Å². The summed E-state index contributed by atoms with van der Waals surface area (Å²) in [4.78, 5) is 0. The zero-order valence-corrected chi connectivity index (χ0v) is 20.1. The Kier molecular flexibility index (Phi) is 18.6. The fourth-order valence-corrected chi connectivity index (χ4v) is 4.07. The molecule has 0 amide bonds. The molecule has 0 aromatic carbocycles. The van der Waals surface area contributed by atoms with Crippen molar-refractivity contribution in [3.8, 4) is 0 Å². The molecule has 0 spiro atoms. The summed E-state index contributed by atoms with van der Waals surface area (Å²) >= 11 is 0. The molecular weight excluding hydrogens is 392 g/mol. The summed E-state index contributed by atoms with van der Waals surface area (Å²) in [6.45, 7) is 3.10. The zero-order chi connectivity index (χ0) is 22.6. The molecule has 0 aromatic heterocycles. The van der Waals surface area contributed by atoms with E-state index in [1.807, 2.05) is 0 Å². The van der Waals surface area contributed by atoms with Gasteiger partial charge in [-0.2, -0.15) is 0 Å². The molecule has 4 atom stereocenters. The average Bonchev–Trinajstić information content (AvgIpc) is 3.10. The third-order valence-corrected chi connectivity index (χ3v) is 6.16. The van der Waals surface area contributed by atoms with Gasteiger partial charge in [0, 0.05) is 6.61 Å². The smallest absolute Gasteiger partial charge is 0.114 e. The van der Waals surface area contributed by atoms with E-state index in [0.717, 1.165) is 12.8 Å². The van der Waals surface area contributed by atoms with Gasteiger partial charge >= 0.3 is 0 Å². The van der Waals surface area contributed by atoms with Gasteiger partial charge in [0.15, 0.2) is 0 Å². The minimum Gasteiger partial charge on any atom is -0.388 e. The lowest BCUT2D eigenvalue weighted by atomic mass is 10.1. The van der Waals surface area contributed by atoms with Crippen molar-refractivity contribution in [3.05, 3.63) is 12.2 Å².